The number of aliphatic hydroxyl groups excluding tert-OH is 1. The minimum absolute atomic E-state index is 0.207. The third-order valence-corrected chi connectivity index (χ3v) is 9.28. The predicted molar refractivity (Wildman–Crippen MR) is 95.3 cm³/mol. The van der Waals surface area contributed by atoms with Crippen LogP contribution in [0.2, 0.25) is 0 Å². The summed E-state index contributed by atoms with van der Waals surface area (Å²) in [6, 6.07) is 0.239. The number of carbonyl (C=O) groups is 1. The molecule has 4 fully saturated rings. The van der Waals surface area contributed by atoms with Crippen molar-refractivity contribution >= 4 is 5.91 Å². The molecule has 1 N–H and O–H groups in total. The summed E-state index contributed by atoms with van der Waals surface area (Å²) in [4.78, 5) is 14.2. The van der Waals surface area contributed by atoms with Crippen molar-refractivity contribution in [1.82, 2.24) is 4.90 Å². The monoisotopic (exact) mass is 333 g/mol. The molecular formula is C21H35NO2. The molecule has 3 saturated carbocycles. The van der Waals surface area contributed by atoms with Crippen LogP contribution in [-0.2, 0) is 4.79 Å². The van der Waals surface area contributed by atoms with E-state index in [9.17, 15) is 9.90 Å². The lowest BCUT2D eigenvalue weighted by Crippen LogP contribution is -2.64. The van der Waals surface area contributed by atoms with Gasteiger partial charge in [0.25, 0.3) is 0 Å². The zero-order chi connectivity index (χ0) is 17.3. The van der Waals surface area contributed by atoms with Gasteiger partial charge in [0.1, 0.15) is 0 Å². The highest BCUT2D eigenvalue weighted by Crippen LogP contribution is 2.66. The highest BCUT2D eigenvalue weighted by molar-refractivity contribution is 5.77. The second kappa shape index (κ2) is 5.46. The second-order valence-corrected chi connectivity index (χ2v) is 9.85. The molecule has 0 aromatic heterocycles. The molecule has 1 aliphatic heterocycles. The zero-order valence-corrected chi connectivity index (χ0v) is 15.9. The Morgan fingerprint density at radius 2 is 1.83 bits per heavy atom. The van der Waals surface area contributed by atoms with Crippen molar-refractivity contribution in [3.63, 3.8) is 0 Å². The fourth-order valence-electron chi connectivity index (χ4n) is 7.86. The van der Waals surface area contributed by atoms with Gasteiger partial charge in [-0.2, -0.15) is 0 Å². The van der Waals surface area contributed by atoms with Crippen LogP contribution in [0.4, 0.5) is 0 Å². The molecule has 3 heteroatoms. The summed E-state index contributed by atoms with van der Waals surface area (Å²) in [7, 11) is 1.97. The number of nitrogens with zero attached hydrogens (tertiary/aromatic N) is 1. The molecule has 3 aliphatic carbocycles. The smallest absolute Gasteiger partial charge is 0.222 e. The quantitative estimate of drug-likeness (QED) is 0.792. The van der Waals surface area contributed by atoms with Crippen LogP contribution >= 0.6 is 0 Å². The van der Waals surface area contributed by atoms with Crippen LogP contribution in [0.25, 0.3) is 0 Å². The van der Waals surface area contributed by atoms with Gasteiger partial charge in [-0.25, -0.2) is 0 Å². The van der Waals surface area contributed by atoms with E-state index in [1.807, 2.05) is 11.9 Å². The molecule has 136 valence electrons. The summed E-state index contributed by atoms with van der Waals surface area (Å²) in [5.41, 5.74) is 0.647. The lowest BCUT2D eigenvalue weighted by molar-refractivity contribution is -0.179. The summed E-state index contributed by atoms with van der Waals surface area (Å²) in [5.74, 6) is 2.86. The van der Waals surface area contributed by atoms with E-state index in [1.54, 1.807) is 0 Å². The molecule has 0 spiro atoms. The molecule has 0 radical (unpaired) electrons. The number of amides is 1. The molecule has 0 bridgehead atoms. The SMILES string of the molecule is CC[C@@H]1CC[C@H]2[C@@H]3[C@@H](O)C[C@H]4N(C)C(=O)CC[C@]4(C)[C@H]3CC[C@]12C. The van der Waals surface area contributed by atoms with Crippen molar-refractivity contribution in [1.29, 1.82) is 0 Å². The summed E-state index contributed by atoms with van der Waals surface area (Å²) in [6.07, 6.45) is 8.82. The van der Waals surface area contributed by atoms with E-state index < -0.39 is 0 Å². The number of hydrogen-bond donors (Lipinski definition) is 1. The van der Waals surface area contributed by atoms with Gasteiger partial charge in [-0.1, -0.05) is 27.2 Å². The Hall–Kier alpha value is -0.570. The maximum Gasteiger partial charge on any atom is 0.222 e. The molecule has 4 rings (SSSR count). The van der Waals surface area contributed by atoms with E-state index in [4.69, 9.17) is 0 Å². The molecule has 0 aromatic rings. The minimum atomic E-state index is -0.221. The van der Waals surface area contributed by atoms with Gasteiger partial charge in [-0.15, -0.1) is 0 Å². The maximum atomic E-state index is 12.2. The summed E-state index contributed by atoms with van der Waals surface area (Å²) in [6.45, 7) is 7.30. The Kier molecular flexibility index (Phi) is 3.84. The first kappa shape index (κ1) is 16.9. The molecule has 4 aliphatic rings. The molecule has 0 unspecified atom stereocenters. The average molecular weight is 334 g/mol. The van der Waals surface area contributed by atoms with Gasteiger partial charge in [0, 0.05) is 19.5 Å². The molecular weight excluding hydrogens is 298 g/mol. The molecule has 1 saturated heterocycles. The Morgan fingerprint density at radius 1 is 1.12 bits per heavy atom. The van der Waals surface area contributed by atoms with Crippen molar-refractivity contribution in [3.05, 3.63) is 0 Å². The van der Waals surface area contributed by atoms with Crippen molar-refractivity contribution < 1.29 is 9.90 Å². The standard InChI is InChI=1S/C21H35NO2/c1-5-13-6-7-14-19-15(8-10-20(13,14)2)21(3)11-9-18(24)22(4)17(21)12-16(19)23/h13-17,19,23H,5-12H2,1-4H3/t13-,14+,15+,16+,17-,19+,20-,21-/m1/s1. The molecule has 0 aromatic carbocycles. The van der Waals surface area contributed by atoms with Gasteiger partial charge in [0.15, 0.2) is 0 Å². The van der Waals surface area contributed by atoms with Crippen LogP contribution in [-0.4, -0.2) is 35.1 Å². The third-order valence-electron chi connectivity index (χ3n) is 9.28. The van der Waals surface area contributed by atoms with Crippen molar-refractivity contribution in [2.24, 2.45) is 34.5 Å². The number of fused-ring (bicyclic) bond motifs is 5. The first-order valence-electron chi connectivity index (χ1n) is 10.3. The van der Waals surface area contributed by atoms with Crippen LogP contribution in [0.15, 0.2) is 0 Å². The topological polar surface area (TPSA) is 40.5 Å². The normalized spacial score (nSPS) is 54.2. The lowest BCUT2D eigenvalue weighted by Gasteiger charge is -2.63. The van der Waals surface area contributed by atoms with Crippen LogP contribution in [0, 0.1) is 34.5 Å². The largest absolute Gasteiger partial charge is 0.393 e. The van der Waals surface area contributed by atoms with E-state index in [1.165, 1.54) is 32.1 Å². The summed E-state index contributed by atoms with van der Waals surface area (Å²) >= 11 is 0. The van der Waals surface area contributed by atoms with Gasteiger partial charge in [-0.3, -0.25) is 4.79 Å². The Morgan fingerprint density at radius 3 is 2.54 bits per heavy atom. The summed E-state index contributed by atoms with van der Waals surface area (Å²) in [5, 5.41) is 11.1. The Bertz CT molecular complexity index is 534. The first-order chi connectivity index (χ1) is 11.3. The van der Waals surface area contributed by atoms with E-state index in [0.717, 1.165) is 18.8 Å². The number of carbonyl (C=O) groups excluding carboxylic acids is 1. The minimum Gasteiger partial charge on any atom is -0.393 e. The van der Waals surface area contributed by atoms with Crippen molar-refractivity contribution in [3.8, 4) is 0 Å². The number of likely N-dealkylation sites (tertiary alicyclic amines) is 1. The number of piperidine rings is 1. The maximum absolute atomic E-state index is 12.2. The van der Waals surface area contributed by atoms with Crippen molar-refractivity contribution in [2.75, 3.05) is 7.05 Å². The number of aliphatic hydroxyl groups is 1. The second-order valence-electron chi connectivity index (χ2n) is 9.85. The molecule has 1 amide bonds. The number of rotatable bonds is 1. The molecule has 8 atom stereocenters. The molecule has 1 heterocycles. The highest BCUT2D eigenvalue weighted by atomic mass is 16.3. The van der Waals surface area contributed by atoms with Crippen LogP contribution in [0.1, 0.15) is 72.1 Å². The van der Waals surface area contributed by atoms with Gasteiger partial charge in [0.05, 0.1) is 6.10 Å². The zero-order valence-electron chi connectivity index (χ0n) is 15.9. The molecule has 24 heavy (non-hydrogen) atoms. The van der Waals surface area contributed by atoms with Crippen LogP contribution in [0.3, 0.4) is 0 Å². The van der Waals surface area contributed by atoms with Gasteiger partial charge in [-0.05, 0) is 73.0 Å². The Balaban J connectivity index is 1.69. The van der Waals surface area contributed by atoms with Gasteiger partial charge < -0.3 is 10.0 Å². The van der Waals surface area contributed by atoms with Crippen molar-refractivity contribution in [2.45, 2.75) is 84.3 Å². The molecule has 3 nitrogen and oxygen atoms in total. The lowest BCUT2D eigenvalue weighted by atomic mass is 9.46. The average Bonchev–Trinajstić information content (AvgIpc) is 2.90. The highest BCUT2D eigenvalue weighted by Gasteiger charge is 2.63. The van der Waals surface area contributed by atoms with Crippen LogP contribution < -0.4 is 0 Å². The Labute approximate surface area is 147 Å². The fourth-order valence-corrected chi connectivity index (χ4v) is 7.86. The summed E-state index contributed by atoms with van der Waals surface area (Å²) < 4.78 is 0. The van der Waals surface area contributed by atoms with E-state index in [0.29, 0.717) is 29.6 Å². The first-order valence-corrected chi connectivity index (χ1v) is 10.3. The van der Waals surface area contributed by atoms with E-state index in [-0.39, 0.29) is 23.5 Å². The predicted octanol–water partition coefficient (Wildman–Crippen LogP) is 3.85. The van der Waals surface area contributed by atoms with E-state index >= 15 is 0 Å². The third kappa shape index (κ3) is 2.03. The van der Waals surface area contributed by atoms with Gasteiger partial charge in [0.2, 0.25) is 5.91 Å². The number of hydrogen-bond acceptors (Lipinski definition) is 2. The fraction of sp³-hybridized carbons (Fsp3) is 0.952. The van der Waals surface area contributed by atoms with Gasteiger partial charge >= 0.3 is 0 Å². The van der Waals surface area contributed by atoms with Crippen LogP contribution in [0.5, 0.6) is 0 Å². The van der Waals surface area contributed by atoms with E-state index in [2.05, 4.69) is 20.8 Å².